The second kappa shape index (κ2) is 5.58. The largest absolute Gasteiger partial charge is 0.454 e. The molecule has 0 radical (unpaired) electrons. The van der Waals surface area contributed by atoms with Crippen LogP contribution in [0.15, 0.2) is 30.3 Å². The van der Waals surface area contributed by atoms with E-state index >= 15 is 0 Å². The number of ether oxygens (including phenoxy) is 4. The van der Waals surface area contributed by atoms with Crippen molar-refractivity contribution < 1.29 is 23.7 Å². The lowest BCUT2D eigenvalue weighted by molar-refractivity contribution is 0.0736. The first-order chi connectivity index (χ1) is 12.3. The predicted octanol–water partition coefficient (Wildman–Crippen LogP) is 2.39. The molecule has 0 N–H and O–H groups in total. The highest BCUT2D eigenvalue weighted by molar-refractivity contribution is 6.00. The zero-order valence-corrected chi connectivity index (χ0v) is 13.6. The number of hydrogen-bond donors (Lipinski definition) is 0. The molecule has 3 aliphatic rings. The van der Waals surface area contributed by atoms with E-state index in [1.54, 1.807) is 0 Å². The topological polar surface area (TPSA) is 57.2 Å². The zero-order valence-electron chi connectivity index (χ0n) is 13.6. The first kappa shape index (κ1) is 14.5. The third kappa shape index (κ3) is 2.36. The maximum Gasteiger partial charge on any atom is 0.258 e. The van der Waals surface area contributed by atoms with Crippen molar-refractivity contribution in [3.8, 4) is 23.0 Å². The van der Waals surface area contributed by atoms with Gasteiger partial charge in [-0.25, -0.2) is 0 Å². The standard InChI is InChI=1S/C19H17NO5/c21-19-17-13(2-4-15-18(17)25-11-23-15)6-8-20(19)7-5-12-1-3-14-16(9-12)24-10-22-14/h1-4,9H,5-8,10-11H2. The Balaban J connectivity index is 1.34. The summed E-state index contributed by atoms with van der Waals surface area (Å²) in [6, 6.07) is 9.78. The summed E-state index contributed by atoms with van der Waals surface area (Å²) < 4.78 is 21.7. The van der Waals surface area contributed by atoms with Gasteiger partial charge in [0.15, 0.2) is 23.0 Å². The van der Waals surface area contributed by atoms with Gasteiger partial charge in [0, 0.05) is 13.1 Å². The van der Waals surface area contributed by atoms with Gasteiger partial charge in [0.05, 0.1) is 5.56 Å². The molecule has 1 amide bonds. The van der Waals surface area contributed by atoms with Crippen LogP contribution in [0.3, 0.4) is 0 Å². The molecule has 0 aromatic heterocycles. The van der Waals surface area contributed by atoms with Gasteiger partial charge in [-0.05, 0) is 42.2 Å². The van der Waals surface area contributed by atoms with E-state index in [1.807, 2.05) is 35.2 Å². The van der Waals surface area contributed by atoms with Crippen LogP contribution >= 0.6 is 0 Å². The minimum atomic E-state index is 0.0179. The number of nitrogens with zero attached hydrogens (tertiary/aromatic N) is 1. The van der Waals surface area contributed by atoms with Crippen LogP contribution in [0.25, 0.3) is 0 Å². The molecular formula is C19H17NO5. The summed E-state index contributed by atoms with van der Waals surface area (Å²) in [5.74, 6) is 2.82. The quantitative estimate of drug-likeness (QED) is 0.859. The molecule has 3 aliphatic heterocycles. The summed E-state index contributed by atoms with van der Waals surface area (Å²) in [4.78, 5) is 14.8. The summed E-state index contributed by atoms with van der Waals surface area (Å²) in [5, 5.41) is 0. The van der Waals surface area contributed by atoms with Crippen molar-refractivity contribution in [3.63, 3.8) is 0 Å². The highest BCUT2D eigenvalue weighted by Crippen LogP contribution is 2.40. The minimum Gasteiger partial charge on any atom is -0.454 e. The molecule has 0 saturated carbocycles. The Hall–Kier alpha value is -2.89. The summed E-state index contributed by atoms with van der Waals surface area (Å²) in [6.45, 7) is 1.82. The fourth-order valence-corrected chi connectivity index (χ4v) is 3.54. The van der Waals surface area contributed by atoms with Gasteiger partial charge in [-0.3, -0.25) is 4.79 Å². The van der Waals surface area contributed by atoms with Crippen LogP contribution in [-0.4, -0.2) is 37.5 Å². The fraction of sp³-hybridized carbons (Fsp3) is 0.316. The molecule has 0 unspecified atom stereocenters. The van der Waals surface area contributed by atoms with Crippen molar-refractivity contribution in [2.45, 2.75) is 12.8 Å². The Kier molecular flexibility index (Phi) is 3.23. The molecule has 5 rings (SSSR count). The molecule has 6 heteroatoms. The second-order valence-corrected chi connectivity index (χ2v) is 6.31. The van der Waals surface area contributed by atoms with Crippen LogP contribution in [-0.2, 0) is 12.8 Å². The van der Waals surface area contributed by atoms with Gasteiger partial charge in [-0.1, -0.05) is 12.1 Å². The maximum atomic E-state index is 12.9. The van der Waals surface area contributed by atoms with Crippen molar-refractivity contribution >= 4 is 5.91 Å². The van der Waals surface area contributed by atoms with Gasteiger partial charge in [-0.2, -0.15) is 0 Å². The van der Waals surface area contributed by atoms with E-state index in [2.05, 4.69) is 0 Å². The van der Waals surface area contributed by atoms with E-state index in [9.17, 15) is 4.79 Å². The first-order valence-corrected chi connectivity index (χ1v) is 8.39. The zero-order chi connectivity index (χ0) is 16.8. The molecule has 2 aromatic carbocycles. The van der Waals surface area contributed by atoms with Crippen molar-refractivity contribution in [1.29, 1.82) is 0 Å². The van der Waals surface area contributed by atoms with E-state index in [1.165, 1.54) is 0 Å². The molecule has 0 saturated heterocycles. The summed E-state index contributed by atoms with van der Waals surface area (Å²) in [5.41, 5.74) is 2.82. The van der Waals surface area contributed by atoms with Crippen LogP contribution in [0, 0.1) is 0 Å². The Morgan fingerprint density at radius 2 is 1.72 bits per heavy atom. The lowest BCUT2D eigenvalue weighted by Crippen LogP contribution is -2.39. The van der Waals surface area contributed by atoms with Gasteiger partial charge >= 0.3 is 0 Å². The summed E-state index contributed by atoms with van der Waals surface area (Å²) in [6.07, 6.45) is 1.60. The monoisotopic (exact) mass is 339 g/mol. The average molecular weight is 339 g/mol. The Bertz CT molecular complexity index is 863. The van der Waals surface area contributed by atoms with E-state index in [0.717, 1.165) is 42.0 Å². The van der Waals surface area contributed by atoms with Crippen LogP contribution in [0.1, 0.15) is 21.5 Å². The molecule has 0 aliphatic carbocycles. The molecule has 0 fully saturated rings. The second-order valence-electron chi connectivity index (χ2n) is 6.31. The number of hydrogen-bond acceptors (Lipinski definition) is 5. The van der Waals surface area contributed by atoms with Gasteiger partial charge in [0.1, 0.15) is 0 Å². The smallest absolute Gasteiger partial charge is 0.258 e. The van der Waals surface area contributed by atoms with Gasteiger partial charge in [0.2, 0.25) is 13.6 Å². The third-order valence-electron chi connectivity index (χ3n) is 4.89. The summed E-state index contributed by atoms with van der Waals surface area (Å²) >= 11 is 0. The lowest BCUT2D eigenvalue weighted by atomic mass is 9.97. The van der Waals surface area contributed by atoms with E-state index < -0.39 is 0 Å². The number of amides is 1. The van der Waals surface area contributed by atoms with Gasteiger partial charge < -0.3 is 23.8 Å². The van der Waals surface area contributed by atoms with Crippen LogP contribution in [0.5, 0.6) is 23.0 Å². The molecule has 0 bridgehead atoms. The molecular weight excluding hydrogens is 322 g/mol. The van der Waals surface area contributed by atoms with Crippen LogP contribution in [0.2, 0.25) is 0 Å². The van der Waals surface area contributed by atoms with E-state index in [-0.39, 0.29) is 19.5 Å². The molecule has 0 atom stereocenters. The third-order valence-corrected chi connectivity index (χ3v) is 4.89. The Labute approximate surface area is 144 Å². The number of carbonyl (C=O) groups excluding carboxylic acids is 1. The van der Waals surface area contributed by atoms with Gasteiger partial charge in [-0.15, -0.1) is 0 Å². The molecule has 3 heterocycles. The molecule has 6 nitrogen and oxygen atoms in total. The fourth-order valence-electron chi connectivity index (χ4n) is 3.54. The molecule has 25 heavy (non-hydrogen) atoms. The highest BCUT2D eigenvalue weighted by atomic mass is 16.7. The van der Waals surface area contributed by atoms with Crippen molar-refractivity contribution in [2.75, 3.05) is 26.7 Å². The van der Waals surface area contributed by atoms with Crippen molar-refractivity contribution in [3.05, 3.63) is 47.0 Å². The highest BCUT2D eigenvalue weighted by Gasteiger charge is 2.31. The molecule has 0 spiro atoms. The Morgan fingerprint density at radius 3 is 2.68 bits per heavy atom. The number of carbonyl (C=O) groups is 1. The predicted molar refractivity (Wildman–Crippen MR) is 88.4 cm³/mol. The van der Waals surface area contributed by atoms with Crippen LogP contribution < -0.4 is 18.9 Å². The minimum absolute atomic E-state index is 0.0179. The van der Waals surface area contributed by atoms with E-state index in [4.69, 9.17) is 18.9 Å². The summed E-state index contributed by atoms with van der Waals surface area (Å²) in [7, 11) is 0. The number of rotatable bonds is 3. The number of benzene rings is 2. The van der Waals surface area contributed by atoms with E-state index in [0.29, 0.717) is 23.6 Å². The normalized spacial score (nSPS) is 17.0. The van der Waals surface area contributed by atoms with Crippen LogP contribution in [0.4, 0.5) is 0 Å². The SMILES string of the molecule is O=C1c2c(ccc3c2OCO3)CCN1CCc1ccc2c(c1)OCO2. The van der Waals surface area contributed by atoms with Gasteiger partial charge in [0.25, 0.3) is 5.91 Å². The number of fused-ring (bicyclic) bond motifs is 4. The first-order valence-electron chi connectivity index (χ1n) is 8.39. The lowest BCUT2D eigenvalue weighted by Gasteiger charge is -2.29. The van der Waals surface area contributed by atoms with Crippen molar-refractivity contribution in [2.24, 2.45) is 0 Å². The van der Waals surface area contributed by atoms with Crippen molar-refractivity contribution in [1.82, 2.24) is 4.90 Å². The molecule has 2 aromatic rings. The molecule has 128 valence electrons. The Morgan fingerprint density at radius 1 is 0.920 bits per heavy atom. The average Bonchev–Trinajstić information content (AvgIpc) is 3.29. The maximum absolute atomic E-state index is 12.9.